The maximum absolute atomic E-state index is 11.5. The molecule has 3 N–H and O–H groups in total. The van der Waals surface area contributed by atoms with Gasteiger partial charge in [0.15, 0.2) is 0 Å². The van der Waals surface area contributed by atoms with Crippen molar-refractivity contribution in [1.82, 2.24) is 10.6 Å². The number of rotatable bonds is 5. The molecular weight excluding hydrogens is 224 g/mol. The van der Waals surface area contributed by atoms with E-state index in [0.717, 1.165) is 6.42 Å². The van der Waals surface area contributed by atoms with Gasteiger partial charge in [0.2, 0.25) is 0 Å². The maximum atomic E-state index is 11.5. The highest BCUT2D eigenvalue weighted by atomic mass is 16.5. The van der Waals surface area contributed by atoms with Crippen LogP contribution >= 0.6 is 0 Å². The van der Waals surface area contributed by atoms with Gasteiger partial charge in [-0.05, 0) is 19.8 Å². The molecule has 2 atom stereocenters. The third-order valence-electron chi connectivity index (χ3n) is 3.34. The van der Waals surface area contributed by atoms with Gasteiger partial charge in [-0.1, -0.05) is 6.42 Å². The lowest BCUT2D eigenvalue weighted by Crippen LogP contribution is -2.50. The summed E-state index contributed by atoms with van der Waals surface area (Å²) in [6.45, 7) is 2.54. The van der Waals surface area contributed by atoms with Gasteiger partial charge in [0.1, 0.15) is 0 Å². The van der Waals surface area contributed by atoms with Crippen LogP contribution in [-0.2, 0) is 9.53 Å². The lowest BCUT2D eigenvalue weighted by atomic mass is 9.85. The third kappa shape index (κ3) is 3.33. The number of ether oxygens (including phenoxy) is 1. The number of methoxy groups -OCH3 is 1. The van der Waals surface area contributed by atoms with E-state index in [1.165, 1.54) is 0 Å². The van der Waals surface area contributed by atoms with E-state index in [1.54, 1.807) is 14.0 Å². The van der Waals surface area contributed by atoms with Gasteiger partial charge in [-0.25, -0.2) is 4.79 Å². The van der Waals surface area contributed by atoms with Gasteiger partial charge in [-0.3, -0.25) is 4.79 Å². The fourth-order valence-electron chi connectivity index (χ4n) is 2.13. The van der Waals surface area contributed by atoms with Crippen molar-refractivity contribution in [2.75, 3.05) is 20.3 Å². The van der Waals surface area contributed by atoms with Gasteiger partial charge < -0.3 is 20.5 Å². The van der Waals surface area contributed by atoms with Crippen molar-refractivity contribution in [3.63, 3.8) is 0 Å². The van der Waals surface area contributed by atoms with Crippen LogP contribution in [0.5, 0.6) is 0 Å². The molecule has 2 amide bonds. The van der Waals surface area contributed by atoms with E-state index >= 15 is 0 Å². The van der Waals surface area contributed by atoms with Crippen LogP contribution in [0.3, 0.4) is 0 Å². The van der Waals surface area contributed by atoms with Gasteiger partial charge in [-0.2, -0.15) is 0 Å². The number of carbonyl (C=O) groups is 2. The summed E-state index contributed by atoms with van der Waals surface area (Å²) in [6, 6.07) is -0.635. The van der Waals surface area contributed by atoms with E-state index in [4.69, 9.17) is 4.74 Å². The Bertz CT molecular complexity index is 295. The van der Waals surface area contributed by atoms with Crippen molar-refractivity contribution >= 4 is 12.0 Å². The van der Waals surface area contributed by atoms with Crippen LogP contribution in [0.2, 0.25) is 0 Å². The zero-order chi connectivity index (χ0) is 12.9. The molecular formula is C11H20N2O4. The van der Waals surface area contributed by atoms with Gasteiger partial charge >= 0.3 is 12.0 Å². The minimum absolute atomic E-state index is 0.303. The number of amides is 2. The minimum atomic E-state index is -0.850. The SMILES string of the molecule is COCCNC(=O)NC1CCCC1(C)C(=O)O. The quantitative estimate of drug-likeness (QED) is 0.617. The molecule has 0 radical (unpaired) electrons. The van der Waals surface area contributed by atoms with Crippen LogP contribution in [0, 0.1) is 5.41 Å². The Morgan fingerprint density at radius 2 is 2.24 bits per heavy atom. The number of hydrogen-bond donors (Lipinski definition) is 3. The molecule has 1 saturated carbocycles. The second-order valence-corrected chi connectivity index (χ2v) is 4.56. The van der Waals surface area contributed by atoms with Crippen LogP contribution in [0.1, 0.15) is 26.2 Å². The molecule has 0 aliphatic heterocycles. The Hall–Kier alpha value is -1.30. The van der Waals surface area contributed by atoms with E-state index in [0.29, 0.717) is 26.0 Å². The molecule has 1 aliphatic carbocycles. The monoisotopic (exact) mass is 244 g/mol. The summed E-state index contributed by atoms with van der Waals surface area (Å²) in [5.74, 6) is -0.850. The molecule has 0 heterocycles. The number of hydrogen-bond acceptors (Lipinski definition) is 3. The van der Waals surface area contributed by atoms with Crippen LogP contribution in [0.15, 0.2) is 0 Å². The number of nitrogens with one attached hydrogen (secondary N) is 2. The normalized spacial score (nSPS) is 27.8. The fourth-order valence-corrected chi connectivity index (χ4v) is 2.13. The summed E-state index contributed by atoms with van der Waals surface area (Å²) in [4.78, 5) is 22.7. The highest BCUT2D eigenvalue weighted by molar-refractivity contribution is 5.79. The smallest absolute Gasteiger partial charge is 0.315 e. The molecule has 6 nitrogen and oxygen atoms in total. The van der Waals surface area contributed by atoms with Crippen LogP contribution in [-0.4, -0.2) is 43.4 Å². The molecule has 0 aromatic rings. The molecule has 0 spiro atoms. The number of carbonyl (C=O) groups excluding carboxylic acids is 1. The molecule has 1 rings (SSSR count). The maximum Gasteiger partial charge on any atom is 0.315 e. The second-order valence-electron chi connectivity index (χ2n) is 4.56. The van der Waals surface area contributed by atoms with Crippen molar-refractivity contribution in [3.05, 3.63) is 0 Å². The number of carboxylic acid groups (broad SMARTS) is 1. The van der Waals surface area contributed by atoms with Crippen LogP contribution in [0.4, 0.5) is 4.79 Å². The lowest BCUT2D eigenvalue weighted by molar-refractivity contribution is -0.148. The average molecular weight is 244 g/mol. The van der Waals surface area contributed by atoms with Crippen molar-refractivity contribution in [2.45, 2.75) is 32.2 Å². The fraction of sp³-hybridized carbons (Fsp3) is 0.818. The standard InChI is InChI=1S/C11H20N2O4/c1-11(9(14)15)5-3-4-8(11)13-10(16)12-6-7-17-2/h8H,3-7H2,1-2H3,(H,14,15)(H2,12,13,16). The average Bonchev–Trinajstić information content (AvgIpc) is 2.62. The molecule has 1 fully saturated rings. The highest BCUT2D eigenvalue weighted by Gasteiger charge is 2.45. The zero-order valence-electron chi connectivity index (χ0n) is 10.3. The molecule has 2 unspecified atom stereocenters. The van der Waals surface area contributed by atoms with E-state index in [-0.39, 0.29) is 12.1 Å². The van der Waals surface area contributed by atoms with E-state index < -0.39 is 11.4 Å². The van der Waals surface area contributed by atoms with Crippen molar-refractivity contribution < 1.29 is 19.4 Å². The number of carboxylic acids is 1. The molecule has 0 bridgehead atoms. The van der Waals surface area contributed by atoms with E-state index in [2.05, 4.69) is 10.6 Å². The van der Waals surface area contributed by atoms with Crippen LogP contribution in [0.25, 0.3) is 0 Å². The second kappa shape index (κ2) is 5.86. The lowest BCUT2D eigenvalue weighted by Gasteiger charge is -2.27. The molecule has 0 aromatic carbocycles. The van der Waals surface area contributed by atoms with E-state index in [9.17, 15) is 14.7 Å². The summed E-state index contributed by atoms with van der Waals surface area (Å²) < 4.78 is 4.80. The predicted octanol–water partition coefficient (Wildman–Crippen LogP) is 0.575. The van der Waals surface area contributed by atoms with Crippen molar-refractivity contribution in [3.8, 4) is 0 Å². The third-order valence-corrected chi connectivity index (χ3v) is 3.34. The molecule has 6 heteroatoms. The van der Waals surface area contributed by atoms with Gasteiger partial charge in [0.25, 0.3) is 0 Å². The Morgan fingerprint density at radius 3 is 2.82 bits per heavy atom. The van der Waals surface area contributed by atoms with E-state index in [1.807, 2.05) is 0 Å². The largest absolute Gasteiger partial charge is 0.481 e. The van der Waals surface area contributed by atoms with Crippen LogP contribution < -0.4 is 10.6 Å². The Balaban J connectivity index is 2.45. The van der Waals surface area contributed by atoms with Crippen molar-refractivity contribution in [1.29, 1.82) is 0 Å². The first-order valence-electron chi connectivity index (χ1n) is 5.77. The summed E-state index contributed by atoms with van der Waals surface area (Å²) in [5.41, 5.74) is -0.849. The summed E-state index contributed by atoms with van der Waals surface area (Å²) >= 11 is 0. The van der Waals surface area contributed by atoms with Gasteiger partial charge in [0.05, 0.1) is 12.0 Å². The summed E-state index contributed by atoms with van der Waals surface area (Å²) in [5, 5.41) is 14.5. The Morgan fingerprint density at radius 1 is 1.53 bits per heavy atom. The topological polar surface area (TPSA) is 87.7 Å². The molecule has 17 heavy (non-hydrogen) atoms. The molecule has 0 aromatic heterocycles. The van der Waals surface area contributed by atoms with Gasteiger partial charge in [0, 0.05) is 19.7 Å². The Labute approximate surface area is 101 Å². The zero-order valence-corrected chi connectivity index (χ0v) is 10.3. The van der Waals surface area contributed by atoms with Gasteiger partial charge in [-0.15, -0.1) is 0 Å². The first-order valence-corrected chi connectivity index (χ1v) is 5.77. The Kier molecular flexibility index (Phi) is 4.74. The molecule has 1 aliphatic rings. The molecule has 0 saturated heterocycles. The summed E-state index contributed by atoms with van der Waals surface area (Å²) in [7, 11) is 1.55. The molecule has 98 valence electrons. The summed E-state index contributed by atoms with van der Waals surface area (Å²) in [6.07, 6.45) is 2.14. The van der Waals surface area contributed by atoms with Crippen molar-refractivity contribution in [2.24, 2.45) is 5.41 Å². The minimum Gasteiger partial charge on any atom is -0.481 e. The first kappa shape index (κ1) is 13.8. The number of aliphatic carboxylic acids is 1. The highest BCUT2D eigenvalue weighted by Crippen LogP contribution is 2.38. The first-order chi connectivity index (χ1) is 8.00. The predicted molar refractivity (Wildman–Crippen MR) is 61.8 cm³/mol. The number of urea groups is 1.